The number of hydrogen-bond donors (Lipinski definition) is 1. The SMILES string of the molecule is CCn1cc(C(C)NCC2CCC(C)C2)cn1. The van der Waals surface area contributed by atoms with Crippen molar-refractivity contribution < 1.29 is 0 Å². The minimum atomic E-state index is 0.422. The van der Waals surface area contributed by atoms with Gasteiger partial charge in [0.2, 0.25) is 0 Å². The molecule has 0 bridgehead atoms. The number of rotatable bonds is 5. The molecule has 1 saturated carbocycles. The molecule has 2 rings (SSSR count). The fourth-order valence-electron chi connectivity index (χ4n) is 2.75. The lowest BCUT2D eigenvalue weighted by atomic mass is 10.1. The Labute approximate surface area is 105 Å². The first-order valence-corrected chi connectivity index (χ1v) is 6.94. The third kappa shape index (κ3) is 3.32. The summed E-state index contributed by atoms with van der Waals surface area (Å²) in [5, 5.41) is 7.97. The number of nitrogens with zero attached hydrogens (tertiary/aromatic N) is 2. The summed E-state index contributed by atoms with van der Waals surface area (Å²) in [5.41, 5.74) is 1.30. The molecule has 3 heteroatoms. The van der Waals surface area contributed by atoms with Crippen LogP contribution in [0.4, 0.5) is 0 Å². The number of aromatic nitrogens is 2. The van der Waals surface area contributed by atoms with Crippen LogP contribution in [0.1, 0.15) is 51.6 Å². The Kier molecular flexibility index (Phi) is 4.21. The maximum Gasteiger partial charge on any atom is 0.0537 e. The summed E-state index contributed by atoms with van der Waals surface area (Å²) in [6.07, 6.45) is 8.34. The molecular weight excluding hydrogens is 210 g/mol. The van der Waals surface area contributed by atoms with Crippen LogP contribution in [-0.2, 0) is 6.54 Å². The molecule has 96 valence electrons. The average molecular weight is 235 g/mol. The highest BCUT2D eigenvalue weighted by Crippen LogP contribution is 2.30. The Balaban J connectivity index is 1.78. The lowest BCUT2D eigenvalue weighted by Crippen LogP contribution is -2.24. The largest absolute Gasteiger partial charge is 0.310 e. The molecule has 0 radical (unpaired) electrons. The molecule has 0 amide bonds. The molecule has 3 unspecified atom stereocenters. The highest BCUT2D eigenvalue weighted by Gasteiger charge is 2.21. The van der Waals surface area contributed by atoms with E-state index in [1.807, 2.05) is 10.9 Å². The van der Waals surface area contributed by atoms with Crippen LogP contribution in [-0.4, -0.2) is 16.3 Å². The molecule has 1 fully saturated rings. The second kappa shape index (κ2) is 5.67. The zero-order valence-corrected chi connectivity index (χ0v) is 11.3. The summed E-state index contributed by atoms with van der Waals surface area (Å²) in [5.74, 6) is 1.81. The Hall–Kier alpha value is -0.830. The van der Waals surface area contributed by atoms with Crippen LogP contribution in [0.5, 0.6) is 0 Å². The zero-order chi connectivity index (χ0) is 12.3. The normalized spacial score (nSPS) is 26.3. The molecule has 1 aliphatic rings. The maximum atomic E-state index is 4.32. The smallest absolute Gasteiger partial charge is 0.0537 e. The Bertz CT molecular complexity index is 345. The van der Waals surface area contributed by atoms with Crippen molar-refractivity contribution in [1.82, 2.24) is 15.1 Å². The number of hydrogen-bond acceptors (Lipinski definition) is 2. The first-order valence-electron chi connectivity index (χ1n) is 6.94. The Morgan fingerprint density at radius 1 is 1.53 bits per heavy atom. The van der Waals surface area contributed by atoms with Gasteiger partial charge < -0.3 is 5.32 Å². The fourth-order valence-corrected chi connectivity index (χ4v) is 2.75. The summed E-state index contributed by atoms with van der Waals surface area (Å²) < 4.78 is 1.99. The van der Waals surface area contributed by atoms with E-state index in [1.54, 1.807) is 0 Å². The van der Waals surface area contributed by atoms with Crippen LogP contribution < -0.4 is 5.32 Å². The van der Waals surface area contributed by atoms with E-state index in [9.17, 15) is 0 Å². The van der Waals surface area contributed by atoms with Gasteiger partial charge in [-0.05, 0) is 45.1 Å². The maximum absolute atomic E-state index is 4.32. The standard InChI is InChI=1S/C14H25N3/c1-4-17-10-14(9-16-17)12(3)15-8-13-6-5-11(2)7-13/h9-13,15H,4-8H2,1-3H3. The van der Waals surface area contributed by atoms with E-state index in [0.717, 1.165) is 24.9 Å². The molecular formula is C14H25N3. The summed E-state index contributed by atoms with van der Waals surface area (Å²) in [7, 11) is 0. The predicted molar refractivity (Wildman–Crippen MR) is 70.8 cm³/mol. The molecule has 0 spiro atoms. The topological polar surface area (TPSA) is 29.9 Å². The van der Waals surface area contributed by atoms with Crippen molar-refractivity contribution in [3.63, 3.8) is 0 Å². The number of aryl methyl sites for hydroxylation is 1. The van der Waals surface area contributed by atoms with Gasteiger partial charge in [-0.25, -0.2) is 0 Å². The summed E-state index contributed by atoms with van der Waals surface area (Å²) in [6, 6.07) is 0.422. The minimum Gasteiger partial charge on any atom is -0.310 e. The van der Waals surface area contributed by atoms with Crippen molar-refractivity contribution in [2.45, 2.75) is 52.6 Å². The van der Waals surface area contributed by atoms with Gasteiger partial charge in [-0.1, -0.05) is 13.3 Å². The third-order valence-corrected chi connectivity index (χ3v) is 3.99. The van der Waals surface area contributed by atoms with E-state index in [4.69, 9.17) is 0 Å². The molecule has 1 N–H and O–H groups in total. The molecule has 1 heterocycles. The van der Waals surface area contributed by atoms with Gasteiger partial charge in [0.15, 0.2) is 0 Å². The van der Waals surface area contributed by atoms with Crippen molar-refractivity contribution in [3.8, 4) is 0 Å². The second-order valence-corrected chi connectivity index (χ2v) is 5.54. The molecule has 0 aliphatic heterocycles. The van der Waals surface area contributed by atoms with Gasteiger partial charge in [-0.2, -0.15) is 5.10 Å². The highest BCUT2D eigenvalue weighted by atomic mass is 15.3. The molecule has 3 atom stereocenters. The van der Waals surface area contributed by atoms with Gasteiger partial charge in [-0.15, -0.1) is 0 Å². The van der Waals surface area contributed by atoms with Gasteiger partial charge >= 0.3 is 0 Å². The van der Waals surface area contributed by atoms with Crippen molar-refractivity contribution in [2.75, 3.05) is 6.54 Å². The van der Waals surface area contributed by atoms with Crippen molar-refractivity contribution in [2.24, 2.45) is 11.8 Å². The van der Waals surface area contributed by atoms with Crippen LogP contribution in [0.2, 0.25) is 0 Å². The van der Waals surface area contributed by atoms with Crippen molar-refractivity contribution in [1.29, 1.82) is 0 Å². The molecule has 1 aliphatic carbocycles. The van der Waals surface area contributed by atoms with E-state index in [1.165, 1.54) is 24.8 Å². The van der Waals surface area contributed by atoms with Gasteiger partial charge in [0, 0.05) is 24.3 Å². The molecule has 3 nitrogen and oxygen atoms in total. The Morgan fingerprint density at radius 2 is 2.35 bits per heavy atom. The van der Waals surface area contributed by atoms with Crippen LogP contribution in [0.15, 0.2) is 12.4 Å². The summed E-state index contributed by atoms with van der Waals surface area (Å²) in [6.45, 7) is 8.83. The molecule has 0 aromatic carbocycles. The first kappa shape index (κ1) is 12.6. The van der Waals surface area contributed by atoms with E-state index < -0.39 is 0 Å². The molecule has 1 aromatic heterocycles. The summed E-state index contributed by atoms with van der Waals surface area (Å²) >= 11 is 0. The zero-order valence-electron chi connectivity index (χ0n) is 11.3. The van der Waals surface area contributed by atoms with E-state index in [-0.39, 0.29) is 0 Å². The predicted octanol–water partition coefficient (Wildman–Crippen LogP) is 2.99. The molecule has 1 aromatic rings. The van der Waals surface area contributed by atoms with Crippen LogP contribution >= 0.6 is 0 Å². The second-order valence-electron chi connectivity index (χ2n) is 5.54. The van der Waals surface area contributed by atoms with Crippen molar-refractivity contribution >= 4 is 0 Å². The van der Waals surface area contributed by atoms with Gasteiger partial charge in [0.05, 0.1) is 6.20 Å². The fraction of sp³-hybridized carbons (Fsp3) is 0.786. The van der Waals surface area contributed by atoms with E-state index in [0.29, 0.717) is 6.04 Å². The lowest BCUT2D eigenvalue weighted by molar-refractivity contribution is 0.440. The lowest BCUT2D eigenvalue weighted by Gasteiger charge is -2.16. The van der Waals surface area contributed by atoms with Gasteiger partial charge in [0.1, 0.15) is 0 Å². The third-order valence-electron chi connectivity index (χ3n) is 3.99. The Morgan fingerprint density at radius 3 is 2.94 bits per heavy atom. The van der Waals surface area contributed by atoms with Gasteiger partial charge in [-0.3, -0.25) is 4.68 Å². The van der Waals surface area contributed by atoms with Crippen LogP contribution in [0, 0.1) is 11.8 Å². The minimum absolute atomic E-state index is 0.422. The van der Waals surface area contributed by atoms with Crippen LogP contribution in [0.25, 0.3) is 0 Å². The first-order chi connectivity index (χ1) is 8.19. The quantitative estimate of drug-likeness (QED) is 0.850. The highest BCUT2D eigenvalue weighted by molar-refractivity contribution is 5.09. The van der Waals surface area contributed by atoms with E-state index >= 15 is 0 Å². The average Bonchev–Trinajstić information content (AvgIpc) is 2.94. The number of nitrogens with one attached hydrogen (secondary N) is 1. The molecule has 17 heavy (non-hydrogen) atoms. The summed E-state index contributed by atoms with van der Waals surface area (Å²) in [4.78, 5) is 0. The molecule has 0 saturated heterocycles. The van der Waals surface area contributed by atoms with Gasteiger partial charge in [0.25, 0.3) is 0 Å². The van der Waals surface area contributed by atoms with Crippen LogP contribution in [0.3, 0.4) is 0 Å². The monoisotopic (exact) mass is 235 g/mol. The van der Waals surface area contributed by atoms with Crippen molar-refractivity contribution in [3.05, 3.63) is 18.0 Å². The van der Waals surface area contributed by atoms with E-state index in [2.05, 4.69) is 37.4 Å².